The number of ketones is 1. The quantitative estimate of drug-likeness (QED) is 0.756. The molecule has 2 nitrogen and oxygen atoms in total. The van der Waals surface area contributed by atoms with Crippen LogP contribution in [0.25, 0.3) is 0 Å². The van der Waals surface area contributed by atoms with Crippen LogP contribution in [0.1, 0.15) is 31.7 Å². The Hall–Kier alpha value is -1.41. The summed E-state index contributed by atoms with van der Waals surface area (Å²) in [7, 11) is 0. The Bertz CT molecular complexity index is 491. The van der Waals surface area contributed by atoms with Crippen molar-refractivity contribution in [2.45, 2.75) is 38.8 Å². The van der Waals surface area contributed by atoms with Crippen molar-refractivity contribution in [1.82, 2.24) is 4.90 Å². The van der Waals surface area contributed by atoms with Gasteiger partial charge in [0.25, 0.3) is 0 Å². The first kappa shape index (κ1) is 12.6. The summed E-state index contributed by atoms with van der Waals surface area (Å²) in [6.07, 6.45) is 4.99. The third-order valence-electron chi connectivity index (χ3n) is 4.57. The second kappa shape index (κ2) is 5.30. The zero-order valence-electron chi connectivity index (χ0n) is 11.5. The SMILES string of the molecule is C/C=C1/CN(Cc2ccccc2)C2CCC(=O)C1C2. The maximum Gasteiger partial charge on any atom is 0.140 e. The Morgan fingerprint density at radius 3 is 2.84 bits per heavy atom. The van der Waals surface area contributed by atoms with E-state index in [-0.39, 0.29) is 5.92 Å². The largest absolute Gasteiger partial charge is 0.299 e. The van der Waals surface area contributed by atoms with E-state index in [1.54, 1.807) is 0 Å². The molecule has 0 radical (unpaired) electrons. The lowest BCUT2D eigenvalue weighted by Crippen LogP contribution is -2.48. The minimum atomic E-state index is 0.218. The van der Waals surface area contributed by atoms with E-state index in [2.05, 4.69) is 48.2 Å². The Kier molecular flexibility index (Phi) is 3.52. The standard InChI is InChI=1S/C17H21NO/c1-2-14-12-18(11-13-6-4-3-5-7-13)15-8-9-17(19)16(14)10-15/h2-7,15-16H,8-12H2,1H3/b14-2-. The summed E-state index contributed by atoms with van der Waals surface area (Å²) in [5.74, 6) is 0.680. The van der Waals surface area contributed by atoms with Gasteiger partial charge in [-0.3, -0.25) is 9.69 Å². The zero-order valence-corrected chi connectivity index (χ0v) is 11.5. The predicted molar refractivity (Wildman–Crippen MR) is 76.7 cm³/mol. The maximum atomic E-state index is 12.0. The van der Waals surface area contributed by atoms with Gasteiger partial charge in [0.1, 0.15) is 5.78 Å². The summed E-state index contributed by atoms with van der Waals surface area (Å²) in [5.41, 5.74) is 2.70. The number of Topliss-reactive ketones (excluding diaryl/α,β-unsaturated/α-hetero) is 1. The highest BCUT2D eigenvalue weighted by Crippen LogP contribution is 2.36. The summed E-state index contributed by atoms with van der Waals surface area (Å²) in [6.45, 7) is 4.04. The highest BCUT2D eigenvalue weighted by molar-refractivity contribution is 5.85. The molecule has 0 amide bonds. The molecule has 0 N–H and O–H groups in total. The van der Waals surface area contributed by atoms with Crippen LogP contribution < -0.4 is 0 Å². The fraction of sp³-hybridized carbons (Fsp3) is 0.471. The first-order chi connectivity index (χ1) is 9.28. The number of benzene rings is 1. The molecule has 100 valence electrons. The summed E-state index contributed by atoms with van der Waals surface area (Å²) in [6, 6.07) is 11.2. The summed E-state index contributed by atoms with van der Waals surface area (Å²) in [5, 5.41) is 0. The molecule has 1 aromatic carbocycles. The van der Waals surface area contributed by atoms with E-state index in [0.29, 0.717) is 11.8 Å². The molecule has 19 heavy (non-hydrogen) atoms. The number of hydrogen-bond donors (Lipinski definition) is 0. The number of likely N-dealkylation sites (tertiary alicyclic amines) is 1. The van der Waals surface area contributed by atoms with Crippen LogP contribution in [0.5, 0.6) is 0 Å². The molecule has 1 heterocycles. The molecule has 2 aliphatic rings. The minimum absolute atomic E-state index is 0.218. The van der Waals surface area contributed by atoms with Gasteiger partial charge in [0.15, 0.2) is 0 Å². The molecule has 2 heteroatoms. The topological polar surface area (TPSA) is 20.3 Å². The third-order valence-corrected chi connectivity index (χ3v) is 4.57. The normalized spacial score (nSPS) is 29.7. The molecule has 2 fully saturated rings. The van der Waals surface area contributed by atoms with E-state index in [1.807, 2.05) is 0 Å². The summed E-state index contributed by atoms with van der Waals surface area (Å²) < 4.78 is 0. The Morgan fingerprint density at radius 2 is 2.11 bits per heavy atom. The lowest BCUT2D eigenvalue weighted by Gasteiger charge is -2.44. The molecule has 2 atom stereocenters. The van der Waals surface area contributed by atoms with Crippen LogP contribution in [0.4, 0.5) is 0 Å². The smallest absolute Gasteiger partial charge is 0.140 e. The van der Waals surface area contributed by atoms with Crippen LogP contribution in [0.15, 0.2) is 42.0 Å². The number of rotatable bonds is 2. The predicted octanol–water partition coefficient (Wildman–Crippen LogP) is 3.19. The molecule has 0 aromatic heterocycles. The minimum Gasteiger partial charge on any atom is -0.299 e. The molecule has 3 rings (SSSR count). The van der Waals surface area contributed by atoms with Gasteiger partial charge in [-0.05, 0) is 30.9 Å². The Labute approximate surface area is 115 Å². The highest BCUT2D eigenvalue weighted by atomic mass is 16.1. The van der Waals surface area contributed by atoms with Crippen LogP contribution >= 0.6 is 0 Å². The second-order valence-electron chi connectivity index (χ2n) is 5.70. The molecule has 2 bridgehead atoms. The zero-order chi connectivity index (χ0) is 13.2. The van der Waals surface area contributed by atoms with Crippen LogP contribution in [0.3, 0.4) is 0 Å². The van der Waals surface area contributed by atoms with Crippen LogP contribution in [-0.4, -0.2) is 23.3 Å². The first-order valence-corrected chi connectivity index (χ1v) is 7.23. The summed E-state index contributed by atoms with van der Waals surface area (Å²) in [4.78, 5) is 14.5. The molecular weight excluding hydrogens is 234 g/mol. The van der Waals surface area contributed by atoms with Gasteiger partial charge in [-0.15, -0.1) is 0 Å². The van der Waals surface area contributed by atoms with Gasteiger partial charge in [0.05, 0.1) is 0 Å². The number of carbonyl (C=O) groups excluding carboxylic acids is 1. The fourth-order valence-electron chi connectivity index (χ4n) is 3.46. The van der Waals surface area contributed by atoms with Gasteiger partial charge in [0, 0.05) is 31.5 Å². The average molecular weight is 255 g/mol. The van der Waals surface area contributed by atoms with Crippen molar-refractivity contribution >= 4 is 5.78 Å². The van der Waals surface area contributed by atoms with E-state index in [1.165, 1.54) is 11.1 Å². The molecule has 1 saturated carbocycles. The summed E-state index contributed by atoms with van der Waals surface area (Å²) >= 11 is 0. The van der Waals surface area contributed by atoms with Crippen molar-refractivity contribution in [2.24, 2.45) is 5.92 Å². The van der Waals surface area contributed by atoms with Crippen molar-refractivity contribution in [3.63, 3.8) is 0 Å². The van der Waals surface area contributed by atoms with Crippen LogP contribution in [0, 0.1) is 5.92 Å². The van der Waals surface area contributed by atoms with E-state index in [9.17, 15) is 4.79 Å². The number of hydrogen-bond acceptors (Lipinski definition) is 2. The van der Waals surface area contributed by atoms with Gasteiger partial charge in [-0.2, -0.15) is 0 Å². The van der Waals surface area contributed by atoms with Crippen LogP contribution in [0.2, 0.25) is 0 Å². The molecule has 1 aliphatic heterocycles. The monoisotopic (exact) mass is 255 g/mol. The second-order valence-corrected chi connectivity index (χ2v) is 5.70. The van der Waals surface area contributed by atoms with E-state index in [0.717, 1.165) is 32.4 Å². The number of piperidine rings is 1. The van der Waals surface area contributed by atoms with Gasteiger partial charge in [0.2, 0.25) is 0 Å². The van der Waals surface area contributed by atoms with E-state index in [4.69, 9.17) is 0 Å². The lowest BCUT2D eigenvalue weighted by molar-refractivity contribution is -0.126. The fourth-order valence-corrected chi connectivity index (χ4v) is 3.46. The lowest BCUT2D eigenvalue weighted by atomic mass is 9.75. The number of allylic oxidation sites excluding steroid dienone is 1. The van der Waals surface area contributed by atoms with E-state index < -0.39 is 0 Å². The van der Waals surface area contributed by atoms with Crippen molar-refractivity contribution < 1.29 is 4.79 Å². The maximum absolute atomic E-state index is 12.0. The molecule has 1 aromatic rings. The highest BCUT2D eigenvalue weighted by Gasteiger charge is 2.38. The van der Waals surface area contributed by atoms with Gasteiger partial charge >= 0.3 is 0 Å². The average Bonchev–Trinajstić information content (AvgIpc) is 2.46. The van der Waals surface area contributed by atoms with Crippen LogP contribution in [-0.2, 0) is 11.3 Å². The van der Waals surface area contributed by atoms with Gasteiger partial charge < -0.3 is 0 Å². The molecule has 0 spiro atoms. The first-order valence-electron chi connectivity index (χ1n) is 7.23. The Balaban J connectivity index is 1.78. The van der Waals surface area contributed by atoms with Gasteiger partial charge in [-0.25, -0.2) is 0 Å². The number of fused-ring (bicyclic) bond motifs is 2. The third kappa shape index (κ3) is 2.50. The van der Waals surface area contributed by atoms with Crippen molar-refractivity contribution in [1.29, 1.82) is 0 Å². The molecule has 1 saturated heterocycles. The van der Waals surface area contributed by atoms with E-state index >= 15 is 0 Å². The number of carbonyl (C=O) groups is 1. The number of nitrogens with zero attached hydrogens (tertiary/aromatic N) is 1. The Morgan fingerprint density at radius 1 is 1.32 bits per heavy atom. The van der Waals surface area contributed by atoms with Crippen molar-refractivity contribution in [3.8, 4) is 0 Å². The van der Waals surface area contributed by atoms with Crippen molar-refractivity contribution in [3.05, 3.63) is 47.5 Å². The molecule has 2 unspecified atom stereocenters. The van der Waals surface area contributed by atoms with Gasteiger partial charge in [-0.1, -0.05) is 36.4 Å². The molecule has 1 aliphatic carbocycles. The molecular formula is C17H21NO. The van der Waals surface area contributed by atoms with Crippen molar-refractivity contribution in [2.75, 3.05) is 6.54 Å².